The molecule has 33 heavy (non-hydrogen) atoms. The number of aryl methyl sites for hydroxylation is 1. The summed E-state index contributed by atoms with van der Waals surface area (Å²) in [6, 6.07) is 9.72. The maximum Gasteiger partial charge on any atom is 0.279 e. The van der Waals surface area contributed by atoms with Gasteiger partial charge in [-0.3, -0.25) is 4.79 Å². The lowest BCUT2D eigenvalue weighted by Gasteiger charge is -2.20. The predicted octanol–water partition coefficient (Wildman–Crippen LogP) is 5.40. The van der Waals surface area contributed by atoms with E-state index in [1.54, 1.807) is 6.08 Å². The summed E-state index contributed by atoms with van der Waals surface area (Å²) in [5.74, 6) is -0.439. The van der Waals surface area contributed by atoms with Crippen LogP contribution in [0.25, 0.3) is 10.2 Å². The van der Waals surface area contributed by atoms with Crippen LogP contribution in [0.5, 0.6) is 0 Å². The Morgan fingerprint density at radius 3 is 2.52 bits per heavy atom. The van der Waals surface area contributed by atoms with Crippen LogP contribution in [-0.2, 0) is 16.6 Å². The fourth-order valence-electron chi connectivity index (χ4n) is 3.55. The van der Waals surface area contributed by atoms with Crippen molar-refractivity contribution in [2.45, 2.75) is 45.1 Å². The van der Waals surface area contributed by atoms with Crippen LogP contribution in [0.15, 0.2) is 58.9 Å². The van der Waals surface area contributed by atoms with Crippen molar-refractivity contribution in [2.24, 2.45) is 4.99 Å². The van der Waals surface area contributed by atoms with E-state index in [4.69, 9.17) is 11.6 Å². The molecule has 6 nitrogen and oxygen atoms in total. The maximum absolute atomic E-state index is 12.9. The summed E-state index contributed by atoms with van der Waals surface area (Å²) in [4.78, 5) is 17.9. The van der Waals surface area contributed by atoms with Crippen molar-refractivity contribution < 1.29 is 13.2 Å². The quantitative estimate of drug-likeness (QED) is 0.365. The number of hydrogen-bond donors (Lipinski definition) is 0. The number of benzene rings is 2. The minimum absolute atomic E-state index is 0.172. The summed E-state index contributed by atoms with van der Waals surface area (Å²) >= 11 is 7.70. The Morgan fingerprint density at radius 1 is 1.21 bits per heavy atom. The van der Waals surface area contributed by atoms with Crippen molar-refractivity contribution in [3.63, 3.8) is 0 Å². The number of hydrogen-bond acceptors (Lipinski definition) is 4. The molecule has 0 saturated heterocycles. The zero-order chi connectivity index (χ0) is 24.2. The van der Waals surface area contributed by atoms with Gasteiger partial charge in [0.05, 0.1) is 15.1 Å². The average Bonchev–Trinajstić information content (AvgIpc) is 3.14. The standard InChI is InChI=1S/C24H28ClN3O3S2/c1-5-8-16-27(7-3)33(30,31)19-11-9-18(10-12-19)23(29)26-24-28(15-6-2)22-17(4)20(25)13-14-21(22)32-24/h6,9-14H,2,5,7-8,15-16H2,1,3-4H3. The summed E-state index contributed by atoms with van der Waals surface area (Å²) in [6.07, 6.45) is 3.46. The zero-order valence-electron chi connectivity index (χ0n) is 19.0. The first-order valence-electron chi connectivity index (χ1n) is 10.8. The van der Waals surface area contributed by atoms with Crippen LogP contribution in [0.1, 0.15) is 42.6 Å². The maximum atomic E-state index is 12.9. The third kappa shape index (κ3) is 5.30. The number of sulfonamides is 1. The number of carbonyl (C=O) groups is 1. The number of rotatable bonds is 9. The van der Waals surface area contributed by atoms with Crippen molar-refractivity contribution in [2.75, 3.05) is 13.1 Å². The Morgan fingerprint density at radius 2 is 1.91 bits per heavy atom. The van der Waals surface area contributed by atoms with E-state index in [9.17, 15) is 13.2 Å². The molecular formula is C24H28ClN3O3S2. The van der Waals surface area contributed by atoms with E-state index in [0.29, 0.717) is 35.0 Å². The normalized spacial score (nSPS) is 12.6. The molecule has 0 bridgehead atoms. The number of unbranched alkanes of at least 4 members (excludes halogenated alkanes) is 1. The van der Waals surface area contributed by atoms with Crippen LogP contribution in [-0.4, -0.2) is 36.3 Å². The van der Waals surface area contributed by atoms with Gasteiger partial charge in [-0.1, -0.05) is 49.3 Å². The van der Waals surface area contributed by atoms with Gasteiger partial charge in [-0.25, -0.2) is 8.42 Å². The van der Waals surface area contributed by atoms with E-state index in [1.807, 2.05) is 37.5 Å². The first kappa shape index (κ1) is 25.4. The van der Waals surface area contributed by atoms with Crippen LogP contribution in [0.3, 0.4) is 0 Å². The minimum Gasteiger partial charge on any atom is -0.312 e. The first-order chi connectivity index (χ1) is 15.7. The van der Waals surface area contributed by atoms with Gasteiger partial charge in [-0.2, -0.15) is 9.30 Å². The molecule has 9 heteroatoms. The third-order valence-electron chi connectivity index (χ3n) is 5.39. The fourth-order valence-corrected chi connectivity index (χ4v) is 6.29. The molecule has 0 aliphatic heterocycles. The van der Waals surface area contributed by atoms with Gasteiger partial charge >= 0.3 is 0 Å². The molecular weight excluding hydrogens is 478 g/mol. The number of nitrogens with zero attached hydrogens (tertiary/aromatic N) is 3. The topological polar surface area (TPSA) is 71.7 Å². The number of carbonyl (C=O) groups excluding carboxylic acids is 1. The van der Waals surface area contributed by atoms with Crippen LogP contribution >= 0.6 is 22.9 Å². The second kappa shape index (κ2) is 10.8. The van der Waals surface area contributed by atoms with Gasteiger partial charge in [-0.15, -0.1) is 6.58 Å². The van der Waals surface area contributed by atoms with Gasteiger partial charge in [0.25, 0.3) is 5.91 Å². The number of halogens is 1. The summed E-state index contributed by atoms with van der Waals surface area (Å²) in [5.41, 5.74) is 2.16. The van der Waals surface area contributed by atoms with Crippen LogP contribution in [0.4, 0.5) is 0 Å². The van der Waals surface area contributed by atoms with E-state index in [0.717, 1.165) is 28.6 Å². The molecule has 1 heterocycles. The van der Waals surface area contributed by atoms with Gasteiger partial charge in [-0.05, 0) is 55.3 Å². The molecule has 3 aromatic rings. The van der Waals surface area contributed by atoms with Gasteiger partial charge in [0, 0.05) is 30.2 Å². The number of amides is 1. The highest BCUT2D eigenvalue weighted by Crippen LogP contribution is 2.27. The minimum atomic E-state index is -3.60. The monoisotopic (exact) mass is 505 g/mol. The van der Waals surface area contributed by atoms with E-state index in [-0.39, 0.29) is 4.90 Å². The molecule has 0 N–H and O–H groups in total. The summed E-state index contributed by atoms with van der Waals surface area (Å²) < 4.78 is 30.2. The molecule has 0 saturated carbocycles. The van der Waals surface area contributed by atoms with Crippen LogP contribution in [0.2, 0.25) is 5.02 Å². The SMILES string of the molecule is C=CCn1c(=NC(=O)c2ccc(S(=O)(=O)N(CC)CCCC)cc2)sc2ccc(Cl)c(C)c21. The molecule has 3 rings (SSSR count). The molecule has 0 aliphatic carbocycles. The zero-order valence-corrected chi connectivity index (χ0v) is 21.4. The van der Waals surface area contributed by atoms with Crippen molar-refractivity contribution in [3.05, 3.63) is 70.0 Å². The molecule has 0 atom stereocenters. The molecule has 1 aromatic heterocycles. The average molecular weight is 506 g/mol. The Labute approximate surface area is 203 Å². The number of aromatic nitrogens is 1. The summed E-state index contributed by atoms with van der Waals surface area (Å²) in [6.45, 7) is 10.9. The van der Waals surface area contributed by atoms with Crippen molar-refractivity contribution in [1.29, 1.82) is 0 Å². The number of allylic oxidation sites excluding steroid dienone is 1. The van der Waals surface area contributed by atoms with Gasteiger partial charge in [0.2, 0.25) is 10.0 Å². The van der Waals surface area contributed by atoms with E-state index in [2.05, 4.69) is 11.6 Å². The second-order valence-electron chi connectivity index (χ2n) is 7.59. The third-order valence-corrected chi connectivity index (χ3v) is 8.83. The van der Waals surface area contributed by atoms with Gasteiger partial charge in [0.15, 0.2) is 4.80 Å². The lowest BCUT2D eigenvalue weighted by atomic mass is 10.2. The first-order valence-corrected chi connectivity index (χ1v) is 13.5. The lowest BCUT2D eigenvalue weighted by Crippen LogP contribution is -2.31. The molecule has 2 aromatic carbocycles. The van der Waals surface area contributed by atoms with Crippen LogP contribution in [0, 0.1) is 6.92 Å². The second-order valence-corrected chi connectivity index (χ2v) is 10.9. The summed E-state index contributed by atoms with van der Waals surface area (Å²) in [7, 11) is -3.60. The van der Waals surface area contributed by atoms with Crippen molar-refractivity contribution >= 4 is 49.1 Å². The molecule has 176 valence electrons. The number of fused-ring (bicyclic) bond motifs is 1. The molecule has 0 fully saturated rings. The number of thiazole rings is 1. The molecule has 0 unspecified atom stereocenters. The van der Waals surface area contributed by atoms with E-state index >= 15 is 0 Å². The lowest BCUT2D eigenvalue weighted by molar-refractivity contribution is 0.0997. The van der Waals surface area contributed by atoms with E-state index < -0.39 is 15.9 Å². The molecule has 1 amide bonds. The Hall–Kier alpha value is -2.26. The van der Waals surface area contributed by atoms with Crippen LogP contribution < -0.4 is 4.80 Å². The molecule has 0 spiro atoms. The van der Waals surface area contributed by atoms with Gasteiger partial charge < -0.3 is 4.57 Å². The molecule has 0 aliphatic rings. The summed E-state index contributed by atoms with van der Waals surface area (Å²) in [5, 5.41) is 0.646. The van der Waals surface area contributed by atoms with E-state index in [1.165, 1.54) is 39.9 Å². The Kier molecular flexibility index (Phi) is 8.28. The highest BCUT2D eigenvalue weighted by atomic mass is 35.5. The largest absolute Gasteiger partial charge is 0.312 e. The van der Waals surface area contributed by atoms with Crippen molar-refractivity contribution in [1.82, 2.24) is 8.87 Å². The smallest absolute Gasteiger partial charge is 0.279 e. The van der Waals surface area contributed by atoms with Crippen molar-refractivity contribution in [3.8, 4) is 0 Å². The Bertz CT molecular complexity index is 1340. The highest BCUT2D eigenvalue weighted by Gasteiger charge is 2.22. The fraction of sp³-hybridized carbons (Fsp3) is 0.333. The molecule has 0 radical (unpaired) electrons. The predicted molar refractivity (Wildman–Crippen MR) is 135 cm³/mol. The Balaban J connectivity index is 1.97. The highest BCUT2D eigenvalue weighted by molar-refractivity contribution is 7.89. The van der Waals surface area contributed by atoms with Gasteiger partial charge in [0.1, 0.15) is 0 Å².